The molecule has 0 bridgehead atoms. The molecule has 1 aromatic heterocycles. The third-order valence-corrected chi connectivity index (χ3v) is 11.8. The van der Waals surface area contributed by atoms with Crippen LogP contribution in [0.25, 0.3) is 0 Å². The molecule has 0 aliphatic heterocycles. The van der Waals surface area contributed by atoms with Crippen LogP contribution in [0.1, 0.15) is 156 Å². The topological polar surface area (TPSA) is 66.0 Å². The fourth-order valence-corrected chi connectivity index (χ4v) is 8.13. The third kappa shape index (κ3) is 17.6. The van der Waals surface area contributed by atoms with E-state index in [0.29, 0.717) is 57.8 Å². The Bertz CT molecular complexity index is 1380. The van der Waals surface area contributed by atoms with Crippen molar-refractivity contribution in [2.75, 3.05) is 0 Å². The quantitative estimate of drug-likeness (QED) is 0.0503. The Labute approximate surface area is 348 Å². The van der Waals surface area contributed by atoms with Crippen LogP contribution in [0.4, 0.5) is 0 Å². The van der Waals surface area contributed by atoms with Gasteiger partial charge >= 0.3 is 17.1 Å². The van der Waals surface area contributed by atoms with Crippen LogP contribution in [0, 0.1) is 16.2 Å². The molecule has 6 nitrogen and oxygen atoms in total. The zero-order valence-electron chi connectivity index (χ0n) is 36.7. The van der Waals surface area contributed by atoms with Crippen LogP contribution < -0.4 is 17.1 Å². The molecule has 0 spiro atoms. The zero-order valence-corrected chi connectivity index (χ0v) is 36.7. The van der Waals surface area contributed by atoms with E-state index in [-0.39, 0.29) is 35.9 Å². The first-order valence-corrected chi connectivity index (χ1v) is 22.1. The largest absolute Gasteiger partial charge is 0.336 e. The summed E-state index contributed by atoms with van der Waals surface area (Å²) in [7, 11) is 0. The van der Waals surface area contributed by atoms with Gasteiger partial charge in [0.15, 0.2) is 0 Å². The number of hydrogen-bond acceptors (Lipinski definition) is 3. The first-order valence-electron chi connectivity index (χ1n) is 22.1. The summed E-state index contributed by atoms with van der Waals surface area (Å²) in [6, 6.07) is 0. The molecule has 0 unspecified atom stereocenters. The van der Waals surface area contributed by atoms with Gasteiger partial charge in [-0.1, -0.05) is 132 Å². The molecule has 57 heavy (non-hydrogen) atoms. The fraction of sp³-hybridized carbons (Fsp3) is 0.588. The summed E-state index contributed by atoms with van der Waals surface area (Å²) in [5, 5.41) is 0. The highest BCUT2D eigenvalue weighted by molar-refractivity contribution is 5.01. The predicted octanol–water partition coefficient (Wildman–Crippen LogP) is 13.2. The molecule has 1 heterocycles. The van der Waals surface area contributed by atoms with Crippen LogP contribution in [-0.2, 0) is 19.6 Å². The van der Waals surface area contributed by atoms with Gasteiger partial charge in [0, 0.05) is 19.6 Å². The van der Waals surface area contributed by atoms with Gasteiger partial charge in [-0.15, -0.1) is 39.5 Å². The molecule has 1 rings (SSSR count). The predicted molar refractivity (Wildman–Crippen MR) is 249 cm³/mol. The minimum Gasteiger partial charge on any atom is -0.247 e. The molecule has 0 N–H and O–H groups in total. The summed E-state index contributed by atoms with van der Waals surface area (Å²) in [6.07, 6.45) is 43.2. The average Bonchev–Trinajstić information content (AvgIpc) is 3.18. The Morgan fingerprint density at radius 2 is 0.614 bits per heavy atom. The number of allylic oxidation sites excluding steroid dienone is 12. The van der Waals surface area contributed by atoms with Crippen molar-refractivity contribution in [3.05, 3.63) is 144 Å². The number of rotatable bonds is 36. The number of hydrogen-bond donors (Lipinski definition) is 0. The Balaban J connectivity index is 3.91. The highest BCUT2D eigenvalue weighted by Crippen LogP contribution is 2.39. The van der Waals surface area contributed by atoms with Gasteiger partial charge in [0.25, 0.3) is 0 Å². The second kappa shape index (κ2) is 29.3. The molecule has 318 valence electrons. The molecule has 0 saturated heterocycles. The summed E-state index contributed by atoms with van der Waals surface area (Å²) in [4.78, 5) is 43.5. The lowest BCUT2D eigenvalue weighted by atomic mass is 9.75. The Kier molecular flexibility index (Phi) is 26.3. The summed E-state index contributed by atoms with van der Waals surface area (Å²) >= 11 is 0. The number of unbranched alkanes of at least 4 members (excludes halogenated alkanes) is 6. The normalized spacial score (nSPS) is 12.5. The summed E-state index contributed by atoms with van der Waals surface area (Å²) < 4.78 is 3.97. The van der Waals surface area contributed by atoms with Gasteiger partial charge in [-0.2, -0.15) is 0 Å². The zero-order chi connectivity index (χ0) is 42.4. The van der Waals surface area contributed by atoms with Crippen molar-refractivity contribution in [1.82, 2.24) is 13.7 Å². The molecule has 6 heteroatoms. The van der Waals surface area contributed by atoms with Gasteiger partial charge in [0.1, 0.15) is 0 Å². The van der Waals surface area contributed by atoms with Crippen molar-refractivity contribution in [2.24, 2.45) is 16.2 Å². The van der Waals surface area contributed by atoms with Crippen molar-refractivity contribution < 1.29 is 0 Å². The van der Waals surface area contributed by atoms with Crippen molar-refractivity contribution in [3.8, 4) is 0 Å². The van der Waals surface area contributed by atoms with Crippen LogP contribution in [0.5, 0.6) is 0 Å². The van der Waals surface area contributed by atoms with Gasteiger partial charge in [0.05, 0.1) is 0 Å². The highest BCUT2D eigenvalue weighted by Gasteiger charge is 2.31. The molecule has 0 amide bonds. The molecule has 0 aromatic carbocycles. The third-order valence-electron chi connectivity index (χ3n) is 11.8. The van der Waals surface area contributed by atoms with Crippen LogP contribution in [-0.4, -0.2) is 13.7 Å². The van der Waals surface area contributed by atoms with Crippen LogP contribution >= 0.6 is 0 Å². The van der Waals surface area contributed by atoms with Gasteiger partial charge in [-0.25, -0.2) is 28.1 Å². The Morgan fingerprint density at radius 3 is 0.807 bits per heavy atom. The van der Waals surface area contributed by atoms with E-state index in [1.54, 1.807) is 0 Å². The van der Waals surface area contributed by atoms with E-state index in [4.69, 9.17) is 0 Å². The lowest BCUT2D eigenvalue weighted by Crippen LogP contribution is -2.55. The first kappa shape index (κ1) is 51.1. The molecular formula is C51H81N3O3. The molecule has 1 aromatic rings. The van der Waals surface area contributed by atoms with E-state index in [1.807, 2.05) is 36.5 Å². The van der Waals surface area contributed by atoms with Crippen molar-refractivity contribution in [1.29, 1.82) is 0 Å². The second-order valence-corrected chi connectivity index (χ2v) is 16.5. The summed E-state index contributed by atoms with van der Waals surface area (Å²) in [5.74, 6) is 0. The van der Waals surface area contributed by atoms with Gasteiger partial charge < -0.3 is 0 Å². The van der Waals surface area contributed by atoms with Crippen molar-refractivity contribution >= 4 is 0 Å². The molecule has 0 atom stereocenters. The molecule has 0 fully saturated rings. The molecule has 0 aliphatic carbocycles. The standard InChI is InChI=1S/C51H81N3O3/c1-10-19-22-25-28-37-49(31-13-4,32-14-5)40-43-52-46(55)53(44-41-50(33-15-6,34-16-7)38-29-26-23-20-11-2)48(57)54(47(52)56)45-42-51(35-17-8,36-18-9)39-30-27-24-21-12-3/h13-18,25-30H,4-12,19-24,31-45H2,1-3H3/b28-25+,29-26+,30-27+. The minimum atomic E-state index is -0.544. The molecular weight excluding hydrogens is 703 g/mol. The van der Waals surface area contributed by atoms with E-state index in [0.717, 1.165) is 77.0 Å². The van der Waals surface area contributed by atoms with Gasteiger partial charge in [-0.05, 0) is 113 Å². The first-order chi connectivity index (χ1) is 27.6. The monoisotopic (exact) mass is 784 g/mol. The lowest BCUT2D eigenvalue weighted by molar-refractivity contribution is 0.228. The van der Waals surface area contributed by atoms with E-state index in [2.05, 4.69) is 96.7 Å². The minimum absolute atomic E-state index is 0.192. The van der Waals surface area contributed by atoms with Gasteiger partial charge in [0.2, 0.25) is 0 Å². The van der Waals surface area contributed by atoms with Crippen LogP contribution in [0.3, 0.4) is 0 Å². The highest BCUT2D eigenvalue weighted by atomic mass is 16.2. The van der Waals surface area contributed by atoms with Gasteiger partial charge in [-0.3, -0.25) is 0 Å². The SMILES string of the molecule is C=CCC(CC=C)(C/C=C/CCCC)CCn1c(=O)n(CCC(CC=C)(CC=C)C/C=C/CCCC)c(=O)n(CCC(CC=C)(CC=C)C/C=C/CCCC)c1=O. The Morgan fingerprint density at radius 1 is 0.386 bits per heavy atom. The second-order valence-electron chi connectivity index (χ2n) is 16.5. The maximum atomic E-state index is 14.5. The Hall–Kier alpha value is -3.93. The van der Waals surface area contributed by atoms with E-state index < -0.39 is 17.1 Å². The van der Waals surface area contributed by atoms with Crippen molar-refractivity contribution in [2.45, 2.75) is 175 Å². The maximum Gasteiger partial charge on any atom is 0.336 e. The maximum absolute atomic E-state index is 14.5. The number of aromatic nitrogens is 3. The van der Waals surface area contributed by atoms with Crippen LogP contribution in [0.15, 0.2) is 127 Å². The van der Waals surface area contributed by atoms with E-state index >= 15 is 0 Å². The van der Waals surface area contributed by atoms with E-state index in [9.17, 15) is 14.4 Å². The molecule has 0 saturated carbocycles. The lowest BCUT2D eigenvalue weighted by Gasteiger charge is -2.33. The van der Waals surface area contributed by atoms with Crippen LogP contribution in [0.2, 0.25) is 0 Å². The van der Waals surface area contributed by atoms with Crippen molar-refractivity contribution in [3.63, 3.8) is 0 Å². The smallest absolute Gasteiger partial charge is 0.247 e. The molecule has 0 radical (unpaired) electrons. The fourth-order valence-electron chi connectivity index (χ4n) is 8.13. The summed E-state index contributed by atoms with van der Waals surface area (Å²) in [5.41, 5.74) is -2.41. The van der Waals surface area contributed by atoms with E-state index in [1.165, 1.54) is 13.7 Å². The molecule has 0 aliphatic rings. The summed E-state index contributed by atoms with van der Waals surface area (Å²) in [6.45, 7) is 31.5. The average molecular weight is 784 g/mol. The number of nitrogens with zero attached hydrogens (tertiary/aromatic N) is 3.